The number of methoxy groups -OCH3 is 1. The molecule has 0 spiro atoms. The van der Waals surface area contributed by atoms with E-state index < -0.39 is 0 Å². The lowest BCUT2D eigenvalue weighted by Gasteiger charge is -2.25. The van der Waals surface area contributed by atoms with Gasteiger partial charge in [0.2, 0.25) is 0 Å². The third-order valence-corrected chi connectivity index (χ3v) is 5.49. The molecule has 27 heavy (non-hydrogen) atoms. The first kappa shape index (κ1) is 19.5. The molecular formula is C26H32O. The Bertz CT molecular complexity index is 919. The molecule has 0 radical (unpaired) electrons. The monoisotopic (exact) mass is 360 g/mol. The Morgan fingerprint density at radius 1 is 0.667 bits per heavy atom. The average molecular weight is 361 g/mol. The van der Waals surface area contributed by atoms with Gasteiger partial charge in [0.05, 0.1) is 7.11 Å². The van der Waals surface area contributed by atoms with Crippen molar-refractivity contribution in [1.82, 2.24) is 0 Å². The predicted octanol–water partition coefficient (Wildman–Crippen LogP) is 7.89. The first-order valence-electron chi connectivity index (χ1n) is 10.1. The van der Waals surface area contributed by atoms with Crippen molar-refractivity contribution in [3.8, 4) is 16.9 Å². The van der Waals surface area contributed by atoms with Crippen LogP contribution in [-0.4, -0.2) is 7.11 Å². The zero-order chi connectivity index (χ0) is 19.7. The minimum absolute atomic E-state index is 0.444. The highest BCUT2D eigenvalue weighted by Crippen LogP contribution is 2.45. The van der Waals surface area contributed by atoms with Gasteiger partial charge in [-0.3, -0.25) is 0 Å². The van der Waals surface area contributed by atoms with Crippen molar-refractivity contribution in [1.29, 1.82) is 0 Å². The molecule has 3 aromatic carbocycles. The fourth-order valence-electron chi connectivity index (χ4n) is 3.92. The van der Waals surface area contributed by atoms with Gasteiger partial charge < -0.3 is 4.74 Å². The van der Waals surface area contributed by atoms with Crippen LogP contribution in [0.15, 0.2) is 48.5 Å². The predicted molar refractivity (Wildman–Crippen MR) is 118 cm³/mol. The summed E-state index contributed by atoms with van der Waals surface area (Å²) >= 11 is 0. The van der Waals surface area contributed by atoms with Crippen molar-refractivity contribution >= 4 is 10.8 Å². The minimum atomic E-state index is 0.444. The molecule has 0 aliphatic heterocycles. The second-order valence-corrected chi connectivity index (χ2v) is 8.40. The summed E-state index contributed by atoms with van der Waals surface area (Å²) in [6.45, 7) is 13.7. The third-order valence-electron chi connectivity index (χ3n) is 5.49. The van der Waals surface area contributed by atoms with Gasteiger partial charge in [-0.25, -0.2) is 0 Å². The largest absolute Gasteiger partial charge is 0.496 e. The van der Waals surface area contributed by atoms with Crippen LogP contribution in [0.1, 0.15) is 76.0 Å². The molecule has 1 nitrogen and oxygen atoms in total. The van der Waals surface area contributed by atoms with Gasteiger partial charge in [-0.2, -0.15) is 0 Å². The van der Waals surface area contributed by atoms with Gasteiger partial charge in [0.15, 0.2) is 0 Å². The summed E-state index contributed by atoms with van der Waals surface area (Å²) in [6, 6.07) is 17.7. The van der Waals surface area contributed by atoms with Gasteiger partial charge in [-0.1, -0.05) is 84.0 Å². The maximum Gasteiger partial charge on any atom is 0.127 e. The molecule has 0 saturated carbocycles. The zero-order valence-electron chi connectivity index (χ0n) is 17.8. The zero-order valence-corrected chi connectivity index (χ0v) is 17.8. The fraction of sp³-hybridized carbons (Fsp3) is 0.385. The molecule has 0 saturated heterocycles. The van der Waals surface area contributed by atoms with Crippen LogP contribution in [-0.2, 0) is 0 Å². The molecule has 0 aliphatic carbocycles. The molecule has 0 aromatic heterocycles. The third kappa shape index (κ3) is 3.60. The smallest absolute Gasteiger partial charge is 0.127 e. The van der Waals surface area contributed by atoms with Crippen LogP contribution in [0.5, 0.6) is 5.75 Å². The maximum absolute atomic E-state index is 5.86. The Labute approximate surface area is 164 Å². The van der Waals surface area contributed by atoms with E-state index in [0.29, 0.717) is 17.8 Å². The Balaban J connectivity index is 2.49. The van der Waals surface area contributed by atoms with E-state index in [-0.39, 0.29) is 0 Å². The number of hydrogen-bond donors (Lipinski definition) is 0. The van der Waals surface area contributed by atoms with Crippen molar-refractivity contribution < 1.29 is 4.74 Å². The number of rotatable bonds is 5. The Hall–Kier alpha value is -2.28. The molecule has 0 heterocycles. The standard InChI is InChI=1S/C26H32O/c1-16(2)20-14-22(17(3)4)25(23(15-20)18(5)6)26-21-11-9-8-10-19(21)12-13-24(26)27-7/h8-18H,1-7H3. The summed E-state index contributed by atoms with van der Waals surface area (Å²) in [6.07, 6.45) is 0. The van der Waals surface area contributed by atoms with E-state index in [1.807, 2.05) is 0 Å². The normalized spacial score (nSPS) is 11.8. The van der Waals surface area contributed by atoms with Gasteiger partial charge in [0.25, 0.3) is 0 Å². The summed E-state index contributed by atoms with van der Waals surface area (Å²) in [4.78, 5) is 0. The maximum atomic E-state index is 5.86. The molecule has 1 heteroatoms. The number of hydrogen-bond acceptors (Lipinski definition) is 1. The van der Waals surface area contributed by atoms with E-state index in [1.54, 1.807) is 7.11 Å². The lowest BCUT2D eigenvalue weighted by Crippen LogP contribution is -2.05. The van der Waals surface area contributed by atoms with E-state index in [2.05, 4.69) is 90.1 Å². The number of ether oxygens (including phenoxy) is 1. The lowest BCUT2D eigenvalue weighted by atomic mass is 9.80. The van der Waals surface area contributed by atoms with Gasteiger partial charge in [-0.05, 0) is 56.8 Å². The topological polar surface area (TPSA) is 9.23 Å². The lowest BCUT2D eigenvalue weighted by molar-refractivity contribution is 0.417. The molecule has 0 amide bonds. The van der Waals surface area contributed by atoms with Crippen LogP contribution in [0, 0.1) is 0 Å². The van der Waals surface area contributed by atoms with Crippen molar-refractivity contribution in [3.05, 3.63) is 65.2 Å². The quantitative estimate of drug-likeness (QED) is 0.449. The van der Waals surface area contributed by atoms with Crippen LogP contribution < -0.4 is 4.74 Å². The number of benzene rings is 3. The van der Waals surface area contributed by atoms with Crippen LogP contribution in [0.3, 0.4) is 0 Å². The summed E-state index contributed by atoms with van der Waals surface area (Å²) in [5.41, 5.74) is 6.85. The first-order chi connectivity index (χ1) is 12.8. The molecule has 3 aromatic rings. The van der Waals surface area contributed by atoms with Gasteiger partial charge >= 0.3 is 0 Å². The highest BCUT2D eigenvalue weighted by Gasteiger charge is 2.22. The molecule has 0 aliphatic rings. The van der Waals surface area contributed by atoms with Crippen molar-refractivity contribution in [2.45, 2.75) is 59.3 Å². The first-order valence-corrected chi connectivity index (χ1v) is 10.1. The molecule has 0 atom stereocenters. The van der Waals surface area contributed by atoms with Crippen LogP contribution >= 0.6 is 0 Å². The van der Waals surface area contributed by atoms with Gasteiger partial charge in [-0.15, -0.1) is 0 Å². The minimum Gasteiger partial charge on any atom is -0.496 e. The molecule has 3 rings (SSSR count). The number of fused-ring (bicyclic) bond motifs is 1. The molecule has 0 N–H and O–H groups in total. The molecule has 0 fully saturated rings. The molecule has 0 bridgehead atoms. The van der Waals surface area contributed by atoms with E-state index in [9.17, 15) is 0 Å². The fourth-order valence-corrected chi connectivity index (χ4v) is 3.92. The Kier molecular flexibility index (Phi) is 5.60. The summed E-state index contributed by atoms with van der Waals surface area (Å²) in [5, 5.41) is 2.52. The average Bonchev–Trinajstić information content (AvgIpc) is 2.65. The Morgan fingerprint density at radius 3 is 1.78 bits per heavy atom. The van der Waals surface area contributed by atoms with Crippen LogP contribution in [0.4, 0.5) is 0 Å². The van der Waals surface area contributed by atoms with Crippen molar-refractivity contribution in [2.24, 2.45) is 0 Å². The van der Waals surface area contributed by atoms with E-state index >= 15 is 0 Å². The summed E-state index contributed by atoms with van der Waals surface area (Å²) in [7, 11) is 1.78. The second kappa shape index (κ2) is 7.76. The van der Waals surface area contributed by atoms with Crippen molar-refractivity contribution in [2.75, 3.05) is 7.11 Å². The van der Waals surface area contributed by atoms with Gasteiger partial charge in [0, 0.05) is 5.56 Å². The van der Waals surface area contributed by atoms with E-state index in [1.165, 1.54) is 38.6 Å². The highest BCUT2D eigenvalue weighted by molar-refractivity contribution is 6.01. The molecule has 0 unspecified atom stereocenters. The highest BCUT2D eigenvalue weighted by atomic mass is 16.5. The second-order valence-electron chi connectivity index (χ2n) is 8.40. The van der Waals surface area contributed by atoms with Gasteiger partial charge in [0.1, 0.15) is 5.75 Å². The van der Waals surface area contributed by atoms with Crippen LogP contribution in [0.2, 0.25) is 0 Å². The SMILES string of the molecule is COc1ccc2ccccc2c1-c1c(C(C)C)cc(C(C)C)cc1C(C)C. The molecule has 142 valence electrons. The molecular weight excluding hydrogens is 328 g/mol. The Morgan fingerprint density at radius 2 is 1.26 bits per heavy atom. The van der Waals surface area contributed by atoms with Crippen LogP contribution in [0.25, 0.3) is 21.9 Å². The van der Waals surface area contributed by atoms with Crippen molar-refractivity contribution in [3.63, 3.8) is 0 Å². The van der Waals surface area contributed by atoms with E-state index in [4.69, 9.17) is 4.74 Å². The summed E-state index contributed by atoms with van der Waals surface area (Å²) in [5.74, 6) is 2.36. The van der Waals surface area contributed by atoms with E-state index in [0.717, 1.165) is 5.75 Å². The summed E-state index contributed by atoms with van der Waals surface area (Å²) < 4.78 is 5.86.